The molecule has 13 heavy (non-hydrogen) atoms. The SMILES string of the molecule is C=CNc1nc(OC)nc(N)c1C. The van der Waals surface area contributed by atoms with Gasteiger partial charge in [-0.05, 0) is 13.1 Å². The Morgan fingerprint density at radius 2 is 2.23 bits per heavy atom. The molecular weight excluding hydrogens is 168 g/mol. The molecule has 0 unspecified atom stereocenters. The van der Waals surface area contributed by atoms with Crippen LogP contribution >= 0.6 is 0 Å². The third-order valence-corrected chi connectivity index (χ3v) is 1.58. The number of nitrogen functional groups attached to an aromatic ring is 1. The summed E-state index contributed by atoms with van der Waals surface area (Å²) in [6, 6.07) is 0.243. The van der Waals surface area contributed by atoms with Crippen LogP contribution in [0.25, 0.3) is 0 Å². The first-order valence-corrected chi connectivity index (χ1v) is 3.74. The second-order valence-corrected chi connectivity index (χ2v) is 2.42. The van der Waals surface area contributed by atoms with Gasteiger partial charge in [-0.3, -0.25) is 0 Å². The summed E-state index contributed by atoms with van der Waals surface area (Å²) >= 11 is 0. The number of methoxy groups -OCH3 is 1. The van der Waals surface area contributed by atoms with Gasteiger partial charge in [0.25, 0.3) is 0 Å². The van der Waals surface area contributed by atoms with Gasteiger partial charge in [-0.2, -0.15) is 9.97 Å². The average Bonchev–Trinajstić information content (AvgIpc) is 2.13. The van der Waals surface area contributed by atoms with Crippen molar-refractivity contribution >= 4 is 11.6 Å². The fourth-order valence-corrected chi connectivity index (χ4v) is 0.841. The first-order valence-electron chi connectivity index (χ1n) is 3.74. The van der Waals surface area contributed by atoms with Gasteiger partial charge in [0.15, 0.2) is 0 Å². The summed E-state index contributed by atoms with van der Waals surface area (Å²) in [5.74, 6) is 1.01. The van der Waals surface area contributed by atoms with Gasteiger partial charge in [-0.1, -0.05) is 6.58 Å². The van der Waals surface area contributed by atoms with E-state index in [1.807, 2.05) is 6.92 Å². The highest BCUT2D eigenvalue weighted by Gasteiger charge is 2.06. The van der Waals surface area contributed by atoms with E-state index in [0.29, 0.717) is 11.6 Å². The molecule has 3 N–H and O–H groups in total. The van der Waals surface area contributed by atoms with Crippen molar-refractivity contribution in [2.75, 3.05) is 18.2 Å². The van der Waals surface area contributed by atoms with Crippen molar-refractivity contribution < 1.29 is 4.74 Å². The third-order valence-electron chi connectivity index (χ3n) is 1.58. The van der Waals surface area contributed by atoms with Crippen LogP contribution in [0, 0.1) is 6.92 Å². The molecule has 1 aromatic rings. The molecule has 0 saturated heterocycles. The van der Waals surface area contributed by atoms with E-state index in [-0.39, 0.29) is 6.01 Å². The summed E-state index contributed by atoms with van der Waals surface area (Å²) in [4.78, 5) is 7.95. The Kier molecular flexibility index (Phi) is 2.69. The van der Waals surface area contributed by atoms with Crippen molar-refractivity contribution in [2.24, 2.45) is 0 Å². The van der Waals surface area contributed by atoms with Gasteiger partial charge < -0.3 is 15.8 Å². The molecule has 0 bridgehead atoms. The second kappa shape index (κ2) is 3.75. The molecule has 1 aromatic heterocycles. The normalized spacial score (nSPS) is 9.38. The highest BCUT2D eigenvalue weighted by Crippen LogP contribution is 2.19. The summed E-state index contributed by atoms with van der Waals surface area (Å²) in [5, 5.41) is 2.84. The van der Waals surface area contributed by atoms with Crippen LogP contribution in [0.15, 0.2) is 12.8 Å². The Labute approximate surface area is 76.6 Å². The predicted octanol–water partition coefficient (Wildman–Crippen LogP) is 0.931. The predicted molar refractivity (Wildman–Crippen MR) is 51.6 cm³/mol. The van der Waals surface area contributed by atoms with Gasteiger partial charge in [0.2, 0.25) is 0 Å². The lowest BCUT2D eigenvalue weighted by atomic mass is 10.3. The first-order chi connectivity index (χ1) is 6.19. The van der Waals surface area contributed by atoms with E-state index in [1.54, 1.807) is 0 Å². The van der Waals surface area contributed by atoms with Crippen LogP contribution in [0.2, 0.25) is 0 Å². The number of nitrogens with two attached hydrogens (primary N) is 1. The highest BCUT2D eigenvalue weighted by molar-refractivity contribution is 5.56. The van der Waals surface area contributed by atoms with Crippen molar-refractivity contribution in [1.82, 2.24) is 9.97 Å². The largest absolute Gasteiger partial charge is 0.467 e. The smallest absolute Gasteiger partial charge is 0.320 e. The maximum atomic E-state index is 5.62. The van der Waals surface area contributed by atoms with Crippen LogP contribution in [0.4, 0.5) is 11.6 Å². The van der Waals surface area contributed by atoms with Crippen LogP contribution in [0.5, 0.6) is 6.01 Å². The Morgan fingerprint density at radius 3 is 2.77 bits per heavy atom. The monoisotopic (exact) mass is 180 g/mol. The lowest BCUT2D eigenvalue weighted by molar-refractivity contribution is 0.381. The Morgan fingerprint density at radius 1 is 1.54 bits per heavy atom. The third kappa shape index (κ3) is 1.87. The van der Waals surface area contributed by atoms with Crippen molar-refractivity contribution in [3.05, 3.63) is 18.3 Å². The van der Waals surface area contributed by atoms with E-state index in [9.17, 15) is 0 Å². The number of hydrogen-bond donors (Lipinski definition) is 2. The van der Waals surface area contributed by atoms with Crippen LogP contribution < -0.4 is 15.8 Å². The van der Waals surface area contributed by atoms with E-state index in [4.69, 9.17) is 10.5 Å². The Balaban J connectivity index is 3.15. The standard InChI is InChI=1S/C8H12N4O/c1-4-10-7-5(2)6(9)11-8(12-7)13-3/h4H,1H2,2-3H3,(H3,9,10,11,12). The molecule has 0 radical (unpaired) electrons. The molecule has 0 spiro atoms. The molecule has 0 aliphatic carbocycles. The zero-order chi connectivity index (χ0) is 9.84. The van der Waals surface area contributed by atoms with Crippen molar-refractivity contribution in [3.63, 3.8) is 0 Å². The maximum absolute atomic E-state index is 5.62. The van der Waals surface area contributed by atoms with Crippen molar-refractivity contribution in [3.8, 4) is 6.01 Å². The van der Waals surface area contributed by atoms with Crippen LogP contribution in [-0.2, 0) is 0 Å². The molecule has 0 atom stereocenters. The molecule has 0 aromatic carbocycles. The molecule has 70 valence electrons. The van der Waals surface area contributed by atoms with Crippen molar-refractivity contribution in [2.45, 2.75) is 6.92 Å². The molecule has 1 rings (SSSR count). The molecule has 1 heterocycles. The maximum Gasteiger partial charge on any atom is 0.320 e. The fourth-order valence-electron chi connectivity index (χ4n) is 0.841. The quantitative estimate of drug-likeness (QED) is 0.724. The Hall–Kier alpha value is -1.78. The number of ether oxygens (including phenoxy) is 1. The van der Waals surface area contributed by atoms with E-state index in [2.05, 4.69) is 21.9 Å². The van der Waals surface area contributed by atoms with E-state index >= 15 is 0 Å². The van der Waals surface area contributed by atoms with E-state index in [0.717, 1.165) is 5.56 Å². The lowest BCUT2D eigenvalue weighted by Crippen LogP contribution is -2.04. The second-order valence-electron chi connectivity index (χ2n) is 2.42. The topological polar surface area (TPSA) is 73.1 Å². The molecule has 0 aliphatic heterocycles. The zero-order valence-electron chi connectivity index (χ0n) is 7.66. The summed E-state index contributed by atoms with van der Waals surface area (Å²) in [7, 11) is 1.49. The minimum absolute atomic E-state index is 0.243. The highest BCUT2D eigenvalue weighted by atomic mass is 16.5. The van der Waals surface area contributed by atoms with Crippen LogP contribution in [-0.4, -0.2) is 17.1 Å². The van der Waals surface area contributed by atoms with E-state index in [1.165, 1.54) is 13.3 Å². The zero-order valence-corrected chi connectivity index (χ0v) is 7.66. The van der Waals surface area contributed by atoms with E-state index < -0.39 is 0 Å². The summed E-state index contributed by atoms with van der Waals surface area (Å²) < 4.78 is 4.86. The molecule has 0 aliphatic rings. The van der Waals surface area contributed by atoms with Crippen molar-refractivity contribution in [1.29, 1.82) is 0 Å². The molecule has 5 heteroatoms. The number of hydrogen-bond acceptors (Lipinski definition) is 5. The minimum atomic E-state index is 0.243. The molecular formula is C8H12N4O. The van der Waals surface area contributed by atoms with Gasteiger partial charge in [0.05, 0.1) is 7.11 Å². The Bertz CT molecular complexity index is 324. The number of nitrogens with zero attached hydrogens (tertiary/aromatic N) is 2. The molecule has 0 saturated carbocycles. The fraction of sp³-hybridized carbons (Fsp3) is 0.250. The number of rotatable bonds is 3. The average molecular weight is 180 g/mol. The van der Waals surface area contributed by atoms with Gasteiger partial charge in [-0.25, -0.2) is 0 Å². The van der Waals surface area contributed by atoms with Gasteiger partial charge in [-0.15, -0.1) is 0 Å². The summed E-state index contributed by atoms with van der Waals surface area (Å²) in [6.45, 7) is 5.35. The summed E-state index contributed by atoms with van der Waals surface area (Å²) in [5.41, 5.74) is 6.40. The van der Waals surface area contributed by atoms with Gasteiger partial charge in [0.1, 0.15) is 11.6 Å². The molecule has 5 nitrogen and oxygen atoms in total. The minimum Gasteiger partial charge on any atom is -0.467 e. The first kappa shape index (κ1) is 9.31. The van der Waals surface area contributed by atoms with Crippen LogP contribution in [0.1, 0.15) is 5.56 Å². The molecule has 0 amide bonds. The van der Waals surface area contributed by atoms with Gasteiger partial charge >= 0.3 is 6.01 Å². The number of nitrogens with one attached hydrogen (secondary N) is 1. The summed E-state index contributed by atoms with van der Waals surface area (Å²) in [6.07, 6.45) is 1.52. The van der Waals surface area contributed by atoms with Crippen LogP contribution in [0.3, 0.4) is 0 Å². The van der Waals surface area contributed by atoms with Gasteiger partial charge in [0, 0.05) is 5.56 Å². The lowest BCUT2D eigenvalue weighted by Gasteiger charge is -2.07. The molecule has 0 fully saturated rings. The number of aromatic nitrogens is 2. The number of anilines is 2.